The number of halogens is 1. The Morgan fingerprint density at radius 3 is 2.40 bits per heavy atom. The number of hydrogen-bond acceptors (Lipinski definition) is 4. The lowest BCUT2D eigenvalue weighted by molar-refractivity contribution is -0.135. The molecule has 1 aromatic carbocycles. The van der Waals surface area contributed by atoms with E-state index in [0.717, 1.165) is 37.9 Å². The van der Waals surface area contributed by atoms with Crippen LogP contribution in [0.1, 0.15) is 32.1 Å². The molecule has 1 unspecified atom stereocenters. The topological polar surface area (TPSA) is 78.5 Å². The fourth-order valence-corrected chi connectivity index (χ4v) is 4.71. The molecule has 0 saturated carbocycles. The van der Waals surface area contributed by atoms with Gasteiger partial charge in [0.15, 0.2) is 0 Å². The minimum atomic E-state index is -3.67. The molecular weight excluding hydrogens is 345 g/mol. The van der Waals surface area contributed by atoms with Crippen molar-refractivity contribution in [2.24, 2.45) is 0 Å². The minimum absolute atomic E-state index is 0.0545. The average Bonchev–Trinajstić information content (AvgIpc) is 2.62. The van der Waals surface area contributed by atoms with Gasteiger partial charge < -0.3 is 10.2 Å². The number of nitrogens with zero attached hydrogens (tertiary/aromatic N) is 1. The number of piperidine rings is 2. The van der Waals surface area contributed by atoms with Crippen molar-refractivity contribution in [1.29, 1.82) is 0 Å². The van der Waals surface area contributed by atoms with E-state index >= 15 is 0 Å². The third kappa shape index (κ3) is 4.56. The third-order valence-electron chi connectivity index (χ3n) is 4.86. The van der Waals surface area contributed by atoms with E-state index in [1.165, 1.54) is 12.1 Å². The lowest BCUT2D eigenvalue weighted by Gasteiger charge is -2.35. The first kappa shape index (κ1) is 18.3. The van der Waals surface area contributed by atoms with Crippen LogP contribution in [-0.2, 0) is 14.8 Å². The quantitative estimate of drug-likeness (QED) is 0.837. The van der Waals surface area contributed by atoms with E-state index in [0.29, 0.717) is 25.9 Å². The Morgan fingerprint density at radius 2 is 1.80 bits per heavy atom. The van der Waals surface area contributed by atoms with Gasteiger partial charge in [-0.05, 0) is 56.5 Å². The van der Waals surface area contributed by atoms with Gasteiger partial charge in [0.2, 0.25) is 15.9 Å². The average molecular weight is 369 g/mol. The third-order valence-corrected chi connectivity index (χ3v) is 6.40. The highest BCUT2D eigenvalue weighted by Crippen LogP contribution is 2.18. The first-order valence-corrected chi connectivity index (χ1v) is 10.2. The van der Waals surface area contributed by atoms with Crippen LogP contribution in [0.4, 0.5) is 4.39 Å². The number of carbonyl (C=O) groups is 1. The smallest absolute Gasteiger partial charge is 0.240 e. The van der Waals surface area contributed by atoms with E-state index in [2.05, 4.69) is 10.0 Å². The molecule has 138 valence electrons. The second-order valence-electron chi connectivity index (χ2n) is 6.68. The molecule has 2 saturated heterocycles. The highest BCUT2D eigenvalue weighted by atomic mass is 32.2. The first-order chi connectivity index (χ1) is 12.0. The molecule has 1 atom stereocenters. The normalized spacial score (nSPS) is 22.8. The molecule has 1 aromatic rings. The van der Waals surface area contributed by atoms with Gasteiger partial charge in [0.05, 0.1) is 10.9 Å². The molecule has 8 heteroatoms. The number of likely N-dealkylation sites (tertiary alicyclic amines) is 1. The van der Waals surface area contributed by atoms with E-state index in [9.17, 15) is 17.6 Å². The van der Waals surface area contributed by atoms with Gasteiger partial charge in [0.1, 0.15) is 5.82 Å². The Hall–Kier alpha value is -1.51. The van der Waals surface area contributed by atoms with Crippen molar-refractivity contribution in [1.82, 2.24) is 14.9 Å². The van der Waals surface area contributed by atoms with E-state index in [1.807, 2.05) is 4.90 Å². The molecule has 1 amide bonds. The number of rotatable bonds is 4. The summed E-state index contributed by atoms with van der Waals surface area (Å²) < 4.78 is 40.3. The number of amides is 1. The maximum absolute atomic E-state index is 12.9. The van der Waals surface area contributed by atoms with Gasteiger partial charge in [-0.2, -0.15) is 0 Å². The van der Waals surface area contributed by atoms with Crippen LogP contribution in [0.15, 0.2) is 29.2 Å². The van der Waals surface area contributed by atoms with Crippen molar-refractivity contribution < 1.29 is 17.6 Å². The summed E-state index contributed by atoms with van der Waals surface area (Å²) in [7, 11) is -3.67. The highest BCUT2D eigenvalue weighted by Gasteiger charge is 2.30. The zero-order valence-corrected chi connectivity index (χ0v) is 14.9. The molecular formula is C17H24FN3O3S. The molecule has 0 aromatic heterocycles. The van der Waals surface area contributed by atoms with Crippen LogP contribution in [0.2, 0.25) is 0 Å². The summed E-state index contributed by atoms with van der Waals surface area (Å²) in [6.45, 7) is 1.98. The molecule has 25 heavy (non-hydrogen) atoms. The van der Waals surface area contributed by atoms with E-state index in [1.54, 1.807) is 0 Å². The fraction of sp³-hybridized carbons (Fsp3) is 0.588. The lowest BCUT2D eigenvalue weighted by atomic mass is 10.0. The molecule has 2 aliphatic heterocycles. The largest absolute Gasteiger partial charge is 0.341 e. The molecule has 6 nitrogen and oxygen atoms in total. The molecule has 0 spiro atoms. The highest BCUT2D eigenvalue weighted by molar-refractivity contribution is 7.89. The second kappa shape index (κ2) is 7.80. The maximum atomic E-state index is 12.9. The van der Waals surface area contributed by atoms with Gasteiger partial charge in [-0.15, -0.1) is 0 Å². The summed E-state index contributed by atoms with van der Waals surface area (Å²) >= 11 is 0. The molecule has 2 heterocycles. The first-order valence-electron chi connectivity index (χ1n) is 8.76. The van der Waals surface area contributed by atoms with Crippen molar-refractivity contribution in [2.75, 3.05) is 19.6 Å². The van der Waals surface area contributed by atoms with E-state index < -0.39 is 15.8 Å². The molecule has 2 fully saturated rings. The molecule has 0 aliphatic carbocycles. The summed E-state index contributed by atoms with van der Waals surface area (Å²) in [5, 5.41) is 3.26. The molecule has 0 bridgehead atoms. The predicted molar refractivity (Wildman–Crippen MR) is 92.0 cm³/mol. The monoisotopic (exact) mass is 369 g/mol. The number of benzene rings is 1. The summed E-state index contributed by atoms with van der Waals surface area (Å²) in [6, 6.07) is 4.47. The Labute approximate surface area is 147 Å². The van der Waals surface area contributed by atoms with Crippen LogP contribution in [0, 0.1) is 5.82 Å². The minimum Gasteiger partial charge on any atom is -0.341 e. The maximum Gasteiger partial charge on any atom is 0.240 e. The SMILES string of the molecule is O=C(C1CCCCN1)N1CCC(NS(=O)(=O)c2ccc(F)cc2)CC1. The molecule has 2 N–H and O–H groups in total. The molecule has 2 aliphatic rings. The van der Waals surface area contributed by atoms with E-state index in [4.69, 9.17) is 0 Å². The zero-order valence-electron chi connectivity index (χ0n) is 14.1. The van der Waals surface area contributed by atoms with Crippen molar-refractivity contribution >= 4 is 15.9 Å². The Kier molecular flexibility index (Phi) is 5.71. The van der Waals surface area contributed by atoms with Gasteiger partial charge in [0.25, 0.3) is 0 Å². The van der Waals surface area contributed by atoms with Crippen LogP contribution in [0.3, 0.4) is 0 Å². The summed E-state index contributed by atoms with van der Waals surface area (Å²) in [6.07, 6.45) is 4.21. The fourth-order valence-electron chi connectivity index (χ4n) is 3.40. The molecule has 3 rings (SSSR count). The van der Waals surface area contributed by atoms with Crippen LogP contribution in [-0.4, -0.2) is 50.9 Å². The zero-order chi connectivity index (χ0) is 17.9. The summed E-state index contributed by atoms with van der Waals surface area (Å²) in [5.74, 6) is -0.346. The lowest BCUT2D eigenvalue weighted by Crippen LogP contribution is -2.53. The predicted octanol–water partition coefficient (Wildman–Crippen LogP) is 1.24. The van der Waals surface area contributed by atoms with Crippen molar-refractivity contribution in [2.45, 2.75) is 49.1 Å². The van der Waals surface area contributed by atoms with Gasteiger partial charge in [-0.1, -0.05) is 6.42 Å². The Morgan fingerprint density at radius 1 is 1.12 bits per heavy atom. The van der Waals surface area contributed by atoms with Gasteiger partial charge >= 0.3 is 0 Å². The Balaban J connectivity index is 1.53. The number of carbonyl (C=O) groups excluding carboxylic acids is 1. The van der Waals surface area contributed by atoms with Gasteiger partial charge in [-0.3, -0.25) is 4.79 Å². The van der Waals surface area contributed by atoms with Crippen molar-refractivity contribution in [3.63, 3.8) is 0 Å². The van der Waals surface area contributed by atoms with Crippen LogP contribution >= 0.6 is 0 Å². The van der Waals surface area contributed by atoms with Gasteiger partial charge in [-0.25, -0.2) is 17.5 Å². The number of nitrogens with one attached hydrogen (secondary N) is 2. The number of hydrogen-bond donors (Lipinski definition) is 2. The second-order valence-corrected chi connectivity index (χ2v) is 8.39. The summed E-state index contributed by atoms with van der Waals surface area (Å²) in [5.41, 5.74) is 0. The van der Waals surface area contributed by atoms with E-state index in [-0.39, 0.29) is 22.9 Å². The van der Waals surface area contributed by atoms with Crippen LogP contribution in [0.5, 0.6) is 0 Å². The summed E-state index contributed by atoms with van der Waals surface area (Å²) in [4.78, 5) is 14.4. The van der Waals surface area contributed by atoms with Crippen LogP contribution in [0.25, 0.3) is 0 Å². The van der Waals surface area contributed by atoms with Crippen LogP contribution < -0.4 is 10.0 Å². The Bertz CT molecular complexity index is 694. The standard InChI is InChI=1S/C17H24FN3O3S/c18-13-4-6-15(7-5-13)25(23,24)20-14-8-11-21(12-9-14)17(22)16-3-1-2-10-19-16/h4-7,14,16,19-20H,1-3,8-12H2. The van der Waals surface area contributed by atoms with Gasteiger partial charge in [0, 0.05) is 19.1 Å². The van der Waals surface area contributed by atoms with Crippen molar-refractivity contribution in [3.8, 4) is 0 Å². The number of sulfonamides is 1. The molecule has 0 radical (unpaired) electrons. The van der Waals surface area contributed by atoms with Crippen molar-refractivity contribution in [3.05, 3.63) is 30.1 Å².